The van der Waals surface area contributed by atoms with Gasteiger partial charge in [0.2, 0.25) is 0 Å². The summed E-state index contributed by atoms with van der Waals surface area (Å²) in [5.41, 5.74) is 0.274. The van der Waals surface area contributed by atoms with Gasteiger partial charge in [-0.1, -0.05) is 0 Å². The first-order valence-corrected chi connectivity index (χ1v) is 7.92. The summed E-state index contributed by atoms with van der Waals surface area (Å²) >= 11 is 0. The number of amides is 2. The summed E-state index contributed by atoms with van der Waals surface area (Å²) in [6.07, 6.45) is 0.266. The molecule has 1 aromatic carbocycles. The van der Waals surface area contributed by atoms with Crippen molar-refractivity contribution >= 4 is 6.03 Å². The molecule has 5 nitrogen and oxygen atoms in total. The number of morpholine rings is 1. The first-order chi connectivity index (χ1) is 11.1. The lowest BCUT2D eigenvalue weighted by molar-refractivity contribution is -0.0364. The van der Waals surface area contributed by atoms with Crippen LogP contribution in [0.3, 0.4) is 0 Å². The molecular formula is C16H21F2N3O2. The van der Waals surface area contributed by atoms with Crippen molar-refractivity contribution in [3.8, 4) is 0 Å². The van der Waals surface area contributed by atoms with E-state index < -0.39 is 11.6 Å². The van der Waals surface area contributed by atoms with Crippen LogP contribution in [0.5, 0.6) is 0 Å². The smallest absolute Gasteiger partial charge is 0.317 e. The maximum atomic E-state index is 13.5. The van der Waals surface area contributed by atoms with E-state index in [1.807, 2.05) is 0 Å². The number of halogens is 2. The van der Waals surface area contributed by atoms with Gasteiger partial charge in [0.25, 0.3) is 0 Å². The molecule has 1 aromatic rings. The minimum atomic E-state index is -0.471. The van der Waals surface area contributed by atoms with Crippen molar-refractivity contribution in [2.45, 2.75) is 12.5 Å². The van der Waals surface area contributed by atoms with Gasteiger partial charge in [0.1, 0.15) is 11.6 Å². The fourth-order valence-corrected chi connectivity index (χ4v) is 3.08. The van der Waals surface area contributed by atoms with Crippen molar-refractivity contribution in [2.75, 3.05) is 45.9 Å². The fraction of sp³-hybridized carbons (Fsp3) is 0.562. The number of rotatable bonds is 3. The van der Waals surface area contributed by atoms with Crippen LogP contribution in [0, 0.1) is 11.6 Å². The number of fused-ring (bicyclic) bond motifs is 1. The largest absolute Gasteiger partial charge is 0.378 e. The standard InChI is InChI=1S/C16H21F2N3O2/c17-13-1-2-15(18)12(9-13)3-4-19-16(22)21-6-5-20-7-8-23-11-14(20)10-21/h1-2,9,14H,3-8,10-11H2,(H,19,22). The van der Waals surface area contributed by atoms with E-state index in [4.69, 9.17) is 4.74 Å². The molecule has 0 radical (unpaired) electrons. The zero-order valence-electron chi connectivity index (χ0n) is 12.9. The zero-order chi connectivity index (χ0) is 16.2. The molecule has 23 heavy (non-hydrogen) atoms. The minimum Gasteiger partial charge on any atom is -0.378 e. The van der Waals surface area contributed by atoms with Crippen LogP contribution in [0.15, 0.2) is 18.2 Å². The van der Waals surface area contributed by atoms with Gasteiger partial charge in [-0.25, -0.2) is 13.6 Å². The number of carbonyl (C=O) groups is 1. The summed E-state index contributed by atoms with van der Waals surface area (Å²) in [6, 6.07) is 3.45. The highest BCUT2D eigenvalue weighted by Gasteiger charge is 2.31. The summed E-state index contributed by atoms with van der Waals surface area (Å²) in [4.78, 5) is 16.3. The highest BCUT2D eigenvalue weighted by atomic mass is 19.1. The molecule has 0 aromatic heterocycles. The van der Waals surface area contributed by atoms with Crippen LogP contribution in [-0.2, 0) is 11.2 Å². The third-order valence-electron chi connectivity index (χ3n) is 4.40. The van der Waals surface area contributed by atoms with Gasteiger partial charge in [-0.15, -0.1) is 0 Å². The Kier molecular flexibility index (Phi) is 5.07. The van der Waals surface area contributed by atoms with Gasteiger partial charge >= 0.3 is 6.03 Å². The van der Waals surface area contributed by atoms with Crippen LogP contribution in [0.25, 0.3) is 0 Å². The van der Waals surface area contributed by atoms with Gasteiger partial charge < -0.3 is 15.0 Å². The van der Waals surface area contributed by atoms with Crippen molar-refractivity contribution < 1.29 is 18.3 Å². The van der Waals surface area contributed by atoms with E-state index in [-0.39, 0.29) is 30.6 Å². The molecule has 2 heterocycles. The Balaban J connectivity index is 1.47. The average Bonchev–Trinajstić information content (AvgIpc) is 2.57. The maximum absolute atomic E-state index is 13.5. The summed E-state index contributed by atoms with van der Waals surface area (Å²) in [5, 5.41) is 2.78. The molecule has 1 atom stereocenters. The van der Waals surface area contributed by atoms with Gasteiger partial charge in [-0.3, -0.25) is 4.90 Å². The number of benzene rings is 1. The lowest BCUT2D eigenvalue weighted by atomic mass is 10.1. The summed E-state index contributed by atoms with van der Waals surface area (Å²) in [7, 11) is 0. The number of hydrogen-bond acceptors (Lipinski definition) is 3. The Bertz CT molecular complexity index is 570. The molecule has 2 fully saturated rings. The fourth-order valence-electron chi connectivity index (χ4n) is 3.08. The lowest BCUT2D eigenvalue weighted by Gasteiger charge is -2.43. The molecule has 7 heteroatoms. The lowest BCUT2D eigenvalue weighted by Crippen LogP contribution is -2.60. The maximum Gasteiger partial charge on any atom is 0.317 e. The number of urea groups is 1. The summed E-state index contributed by atoms with van der Waals surface area (Å²) in [5.74, 6) is -0.922. The Labute approximate surface area is 134 Å². The topological polar surface area (TPSA) is 44.8 Å². The van der Waals surface area contributed by atoms with Crippen LogP contribution >= 0.6 is 0 Å². The molecule has 0 spiro atoms. The predicted octanol–water partition coefficient (Wildman–Crippen LogP) is 1.23. The first-order valence-electron chi connectivity index (χ1n) is 7.92. The van der Waals surface area contributed by atoms with E-state index in [1.54, 1.807) is 4.90 Å². The van der Waals surface area contributed by atoms with E-state index in [2.05, 4.69) is 10.2 Å². The van der Waals surface area contributed by atoms with Crippen LogP contribution in [0.4, 0.5) is 13.6 Å². The molecule has 1 unspecified atom stereocenters. The molecule has 0 saturated carbocycles. The van der Waals surface area contributed by atoms with Crippen LogP contribution in [0.2, 0.25) is 0 Å². The van der Waals surface area contributed by atoms with E-state index in [1.165, 1.54) is 6.07 Å². The SMILES string of the molecule is O=C(NCCc1cc(F)ccc1F)N1CCN2CCOCC2C1. The van der Waals surface area contributed by atoms with E-state index in [9.17, 15) is 13.6 Å². The van der Waals surface area contributed by atoms with Crippen LogP contribution < -0.4 is 5.32 Å². The molecule has 3 rings (SSSR count). The number of nitrogens with one attached hydrogen (secondary N) is 1. The molecular weight excluding hydrogens is 304 g/mol. The first kappa shape index (κ1) is 16.1. The van der Waals surface area contributed by atoms with Crippen molar-refractivity contribution in [1.82, 2.24) is 15.1 Å². The van der Waals surface area contributed by atoms with Gasteiger partial charge in [0, 0.05) is 32.7 Å². The zero-order valence-corrected chi connectivity index (χ0v) is 12.9. The molecule has 2 aliphatic rings. The van der Waals surface area contributed by atoms with E-state index in [0.717, 1.165) is 31.8 Å². The average molecular weight is 325 g/mol. The van der Waals surface area contributed by atoms with Crippen molar-refractivity contribution in [2.24, 2.45) is 0 Å². The monoisotopic (exact) mass is 325 g/mol. The number of nitrogens with zero attached hydrogens (tertiary/aromatic N) is 2. The van der Waals surface area contributed by atoms with Crippen molar-refractivity contribution in [3.05, 3.63) is 35.4 Å². The Hall–Kier alpha value is -1.73. The Morgan fingerprint density at radius 2 is 2.17 bits per heavy atom. The highest BCUT2D eigenvalue weighted by Crippen LogP contribution is 2.14. The van der Waals surface area contributed by atoms with Crippen molar-refractivity contribution in [1.29, 1.82) is 0 Å². The Morgan fingerprint density at radius 1 is 1.30 bits per heavy atom. The molecule has 2 amide bonds. The number of carbonyl (C=O) groups excluding carboxylic acids is 1. The molecule has 2 aliphatic heterocycles. The quantitative estimate of drug-likeness (QED) is 0.909. The molecule has 2 saturated heterocycles. The van der Waals surface area contributed by atoms with Crippen molar-refractivity contribution in [3.63, 3.8) is 0 Å². The second-order valence-electron chi connectivity index (χ2n) is 5.93. The second kappa shape index (κ2) is 7.23. The predicted molar refractivity (Wildman–Crippen MR) is 81.2 cm³/mol. The molecule has 1 N–H and O–H groups in total. The third-order valence-corrected chi connectivity index (χ3v) is 4.40. The summed E-state index contributed by atoms with van der Waals surface area (Å²) < 4.78 is 32.1. The third kappa shape index (κ3) is 3.97. The van der Waals surface area contributed by atoms with Gasteiger partial charge in [0.05, 0.1) is 19.3 Å². The van der Waals surface area contributed by atoms with Gasteiger partial charge in [-0.2, -0.15) is 0 Å². The number of hydrogen-bond donors (Lipinski definition) is 1. The van der Waals surface area contributed by atoms with E-state index >= 15 is 0 Å². The molecule has 126 valence electrons. The Morgan fingerprint density at radius 3 is 3.04 bits per heavy atom. The normalized spacial score (nSPS) is 21.8. The van der Waals surface area contributed by atoms with Crippen LogP contribution in [0.1, 0.15) is 5.56 Å². The number of piperazine rings is 1. The molecule has 0 aliphatic carbocycles. The second-order valence-corrected chi connectivity index (χ2v) is 5.93. The number of ether oxygens (including phenoxy) is 1. The van der Waals surface area contributed by atoms with Gasteiger partial charge in [0.15, 0.2) is 0 Å². The van der Waals surface area contributed by atoms with E-state index in [0.29, 0.717) is 19.7 Å². The van der Waals surface area contributed by atoms with Gasteiger partial charge in [-0.05, 0) is 30.2 Å². The summed E-state index contributed by atoms with van der Waals surface area (Å²) in [6.45, 7) is 4.76. The molecule has 0 bridgehead atoms. The highest BCUT2D eigenvalue weighted by molar-refractivity contribution is 5.74. The van der Waals surface area contributed by atoms with Crippen LogP contribution in [-0.4, -0.2) is 67.8 Å². The minimum absolute atomic E-state index is 0.160.